The summed E-state index contributed by atoms with van der Waals surface area (Å²) in [5.41, 5.74) is 9.69. The van der Waals surface area contributed by atoms with Gasteiger partial charge in [0, 0.05) is 10.9 Å². The van der Waals surface area contributed by atoms with Crippen molar-refractivity contribution in [3.63, 3.8) is 0 Å². The number of nitrogens with zero attached hydrogens (tertiary/aromatic N) is 5. The van der Waals surface area contributed by atoms with E-state index in [4.69, 9.17) is 15.8 Å². The van der Waals surface area contributed by atoms with Gasteiger partial charge in [0.15, 0.2) is 11.5 Å². The number of fused-ring (bicyclic) bond motifs is 1. The molecular formula is C28H34N6O2. The summed E-state index contributed by atoms with van der Waals surface area (Å²) in [5.74, 6) is 1.07. The first-order valence-electron chi connectivity index (χ1n) is 12.7. The maximum Gasteiger partial charge on any atom is 0.156 e. The Morgan fingerprint density at radius 1 is 1.08 bits per heavy atom. The molecule has 0 spiro atoms. The molecule has 3 aromatic heterocycles. The van der Waals surface area contributed by atoms with Gasteiger partial charge in [-0.1, -0.05) is 25.5 Å². The van der Waals surface area contributed by atoms with Crippen LogP contribution in [0.5, 0.6) is 0 Å². The molecule has 0 bridgehead atoms. The van der Waals surface area contributed by atoms with Gasteiger partial charge in [0.25, 0.3) is 0 Å². The number of pyridine rings is 2. The maximum atomic E-state index is 10.8. The number of benzene rings is 1. The van der Waals surface area contributed by atoms with E-state index in [1.165, 1.54) is 5.56 Å². The zero-order chi connectivity index (χ0) is 25.3. The van der Waals surface area contributed by atoms with Crippen LogP contribution in [0.1, 0.15) is 55.5 Å². The summed E-state index contributed by atoms with van der Waals surface area (Å²) in [4.78, 5) is 11.7. The van der Waals surface area contributed by atoms with E-state index in [1.54, 1.807) is 12.1 Å². The highest BCUT2D eigenvalue weighted by Gasteiger charge is 2.26. The van der Waals surface area contributed by atoms with Gasteiger partial charge in [-0.25, -0.2) is 14.6 Å². The van der Waals surface area contributed by atoms with Gasteiger partial charge >= 0.3 is 0 Å². The van der Waals surface area contributed by atoms with E-state index in [2.05, 4.69) is 29.1 Å². The molecule has 1 atom stereocenters. The molecule has 188 valence electrons. The summed E-state index contributed by atoms with van der Waals surface area (Å²) in [6, 6.07) is 15.5. The number of aliphatic hydroxyl groups excluding tert-OH is 1. The maximum absolute atomic E-state index is 10.8. The molecule has 1 unspecified atom stereocenters. The van der Waals surface area contributed by atoms with E-state index in [0.29, 0.717) is 29.5 Å². The Morgan fingerprint density at radius 2 is 1.86 bits per heavy atom. The standard InChI is InChI=1S/C28H34N6O2/c1-3-12-28(29,36)26-8-5-7-24(32-26)20-15-22(19-10-13-33(2)14-11-19)23-17-30-34(25(23)16-20)27-9-4-6-21(18-35)31-27/h4-9,15-17,19,35-36H,3,10-14,18,29H2,1-2H3. The molecule has 4 N–H and O–H groups in total. The van der Waals surface area contributed by atoms with Gasteiger partial charge in [-0.3, -0.25) is 5.73 Å². The second-order valence-corrected chi connectivity index (χ2v) is 9.86. The van der Waals surface area contributed by atoms with Crippen molar-refractivity contribution in [3.8, 4) is 17.1 Å². The molecule has 0 radical (unpaired) electrons. The molecule has 8 nitrogen and oxygen atoms in total. The van der Waals surface area contributed by atoms with E-state index in [0.717, 1.165) is 54.5 Å². The normalized spacial score (nSPS) is 16.9. The fourth-order valence-corrected chi connectivity index (χ4v) is 5.16. The predicted octanol–water partition coefficient (Wildman–Crippen LogP) is 3.69. The Morgan fingerprint density at radius 3 is 2.61 bits per heavy atom. The minimum absolute atomic E-state index is 0.129. The molecule has 8 heteroatoms. The molecule has 36 heavy (non-hydrogen) atoms. The van der Waals surface area contributed by atoms with Crippen LogP contribution < -0.4 is 5.73 Å². The third kappa shape index (κ3) is 4.77. The number of rotatable bonds is 7. The molecule has 1 aromatic carbocycles. The van der Waals surface area contributed by atoms with Crippen LogP contribution in [0.4, 0.5) is 0 Å². The van der Waals surface area contributed by atoms with Crippen molar-refractivity contribution >= 4 is 10.9 Å². The van der Waals surface area contributed by atoms with Gasteiger partial charge in [0.1, 0.15) is 0 Å². The molecule has 1 saturated heterocycles. The third-order valence-electron chi connectivity index (χ3n) is 7.17. The van der Waals surface area contributed by atoms with Gasteiger partial charge in [-0.15, -0.1) is 0 Å². The molecule has 5 rings (SSSR count). The summed E-state index contributed by atoms with van der Waals surface area (Å²) in [6.45, 7) is 3.96. The van der Waals surface area contributed by atoms with Gasteiger partial charge in [-0.05, 0) is 87.3 Å². The average Bonchev–Trinajstić information content (AvgIpc) is 3.33. The Bertz CT molecular complexity index is 1360. The molecule has 0 amide bonds. The minimum atomic E-state index is -1.47. The topological polar surface area (TPSA) is 113 Å². The van der Waals surface area contributed by atoms with Crippen molar-refractivity contribution in [1.29, 1.82) is 0 Å². The zero-order valence-electron chi connectivity index (χ0n) is 20.9. The highest BCUT2D eigenvalue weighted by Crippen LogP contribution is 2.37. The lowest BCUT2D eigenvalue weighted by Crippen LogP contribution is -2.37. The van der Waals surface area contributed by atoms with Crippen LogP contribution in [0, 0.1) is 0 Å². The van der Waals surface area contributed by atoms with Crippen LogP contribution in [0.25, 0.3) is 28.0 Å². The Kier molecular flexibility index (Phi) is 6.85. The fraction of sp³-hybridized carbons (Fsp3) is 0.393. The van der Waals surface area contributed by atoms with Crippen molar-refractivity contribution in [2.45, 2.75) is 50.9 Å². The molecule has 1 aliphatic rings. The van der Waals surface area contributed by atoms with E-state index in [1.807, 2.05) is 42.1 Å². The summed E-state index contributed by atoms with van der Waals surface area (Å²) in [5, 5.41) is 26.2. The van der Waals surface area contributed by atoms with Gasteiger partial charge in [0.05, 0.1) is 35.4 Å². The first kappa shape index (κ1) is 24.5. The fourth-order valence-electron chi connectivity index (χ4n) is 5.16. The van der Waals surface area contributed by atoms with Crippen molar-refractivity contribution in [1.82, 2.24) is 24.6 Å². The SMILES string of the molecule is CCCC(N)(O)c1cccc(-c2cc(C3CCN(C)CC3)c3cnn(-c4cccc(CO)n4)c3c2)n1. The molecule has 0 saturated carbocycles. The summed E-state index contributed by atoms with van der Waals surface area (Å²) in [6.07, 6.45) is 5.26. The Balaban J connectivity index is 1.67. The van der Waals surface area contributed by atoms with Crippen LogP contribution >= 0.6 is 0 Å². The average molecular weight is 487 g/mol. The lowest BCUT2D eigenvalue weighted by molar-refractivity contribution is 0.0292. The number of nitrogens with two attached hydrogens (primary N) is 1. The summed E-state index contributed by atoms with van der Waals surface area (Å²) < 4.78 is 1.83. The van der Waals surface area contributed by atoms with Gasteiger partial charge < -0.3 is 15.1 Å². The van der Waals surface area contributed by atoms with Crippen LogP contribution in [0.15, 0.2) is 54.7 Å². The highest BCUT2D eigenvalue weighted by atomic mass is 16.3. The van der Waals surface area contributed by atoms with Gasteiger partial charge in [0.2, 0.25) is 0 Å². The first-order chi connectivity index (χ1) is 17.4. The van der Waals surface area contributed by atoms with E-state index >= 15 is 0 Å². The molecule has 1 fully saturated rings. The molecule has 0 aliphatic carbocycles. The smallest absolute Gasteiger partial charge is 0.156 e. The highest BCUT2D eigenvalue weighted by molar-refractivity contribution is 5.88. The monoisotopic (exact) mass is 486 g/mol. The molecular weight excluding hydrogens is 452 g/mol. The number of piperidine rings is 1. The number of hydrogen-bond acceptors (Lipinski definition) is 7. The third-order valence-corrected chi connectivity index (χ3v) is 7.17. The summed E-state index contributed by atoms with van der Waals surface area (Å²) in [7, 11) is 2.17. The second kappa shape index (κ2) is 10.1. The van der Waals surface area contributed by atoms with E-state index in [-0.39, 0.29) is 6.61 Å². The lowest BCUT2D eigenvalue weighted by Gasteiger charge is -2.30. The lowest BCUT2D eigenvalue weighted by atomic mass is 9.86. The van der Waals surface area contributed by atoms with Crippen molar-refractivity contribution in [2.24, 2.45) is 5.73 Å². The largest absolute Gasteiger partial charge is 0.390 e. The van der Waals surface area contributed by atoms with Crippen LogP contribution in [-0.4, -0.2) is 55.0 Å². The minimum Gasteiger partial charge on any atom is -0.390 e. The Labute approximate surface area is 211 Å². The number of aromatic nitrogens is 4. The quantitative estimate of drug-likeness (QED) is 0.342. The van der Waals surface area contributed by atoms with E-state index < -0.39 is 5.72 Å². The number of likely N-dealkylation sites (tertiary alicyclic amines) is 1. The zero-order valence-corrected chi connectivity index (χ0v) is 20.9. The van der Waals surface area contributed by atoms with Crippen LogP contribution in [0.3, 0.4) is 0 Å². The van der Waals surface area contributed by atoms with Crippen molar-refractivity contribution in [3.05, 3.63) is 71.7 Å². The van der Waals surface area contributed by atoms with E-state index in [9.17, 15) is 10.2 Å². The molecule has 1 aliphatic heterocycles. The van der Waals surface area contributed by atoms with Crippen molar-refractivity contribution in [2.75, 3.05) is 20.1 Å². The summed E-state index contributed by atoms with van der Waals surface area (Å²) >= 11 is 0. The first-order valence-corrected chi connectivity index (χ1v) is 12.7. The molecule has 4 heterocycles. The van der Waals surface area contributed by atoms with Crippen LogP contribution in [-0.2, 0) is 12.3 Å². The van der Waals surface area contributed by atoms with Crippen LogP contribution in [0.2, 0.25) is 0 Å². The van der Waals surface area contributed by atoms with Crippen molar-refractivity contribution < 1.29 is 10.2 Å². The predicted molar refractivity (Wildman–Crippen MR) is 140 cm³/mol. The Hall–Kier alpha value is -3.17. The second-order valence-electron chi connectivity index (χ2n) is 9.86. The van der Waals surface area contributed by atoms with Gasteiger partial charge in [-0.2, -0.15) is 5.10 Å². The number of aliphatic hydroxyl groups is 2. The number of hydrogen-bond donors (Lipinski definition) is 3. The molecule has 4 aromatic rings.